The number of rotatable bonds is 6. The Labute approximate surface area is 168 Å². The van der Waals surface area contributed by atoms with Crippen molar-refractivity contribution in [2.75, 3.05) is 28.9 Å². The quantitative estimate of drug-likeness (QED) is 0.435. The number of hydrogen-bond donors (Lipinski definition) is 1. The summed E-state index contributed by atoms with van der Waals surface area (Å²) in [4.78, 5) is 24.5. The summed E-state index contributed by atoms with van der Waals surface area (Å²) >= 11 is 5.81. The van der Waals surface area contributed by atoms with E-state index >= 15 is 0 Å². The standard InChI is InChI=1S/C19H19ClN2O5S/c1-2-28(25,26)22-8-7-12-9-13(4-6-17(12)22)18(23)11-27-19(24)14-3-5-15(20)16(21)10-14/h3-6,9-10H,2,7-8,11,21H2,1H3. The highest BCUT2D eigenvalue weighted by molar-refractivity contribution is 7.92. The maximum absolute atomic E-state index is 12.4. The van der Waals surface area contributed by atoms with Crippen LogP contribution in [0.3, 0.4) is 0 Å². The maximum Gasteiger partial charge on any atom is 0.338 e. The van der Waals surface area contributed by atoms with Crippen molar-refractivity contribution in [3.63, 3.8) is 0 Å². The van der Waals surface area contributed by atoms with Crippen LogP contribution in [0.4, 0.5) is 11.4 Å². The van der Waals surface area contributed by atoms with Crippen LogP contribution < -0.4 is 10.0 Å². The van der Waals surface area contributed by atoms with Gasteiger partial charge in [-0.2, -0.15) is 0 Å². The molecule has 0 saturated heterocycles. The number of benzene rings is 2. The number of Topliss-reactive ketones (excluding diaryl/α,β-unsaturated/α-hetero) is 1. The minimum atomic E-state index is -3.34. The highest BCUT2D eigenvalue weighted by Crippen LogP contribution is 2.31. The van der Waals surface area contributed by atoms with Crippen molar-refractivity contribution in [2.45, 2.75) is 13.3 Å². The number of ketones is 1. The summed E-state index contributed by atoms with van der Waals surface area (Å²) in [5.74, 6) is -1.05. The number of anilines is 2. The van der Waals surface area contributed by atoms with Crippen molar-refractivity contribution < 1.29 is 22.7 Å². The number of nitrogen functional groups attached to an aromatic ring is 1. The number of carbonyl (C=O) groups excluding carboxylic acids is 2. The second-order valence-corrected chi connectivity index (χ2v) is 8.89. The fourth-order valence-corrected chi connectivity index (χ4v) is 4.23. The van der Waals surface area contributed by atoms with Crippen LogP contribution in [0.15, 0.2) is 36.4 Å². The van der Waals surface area contributed by atoms with Gasteiger partial charge in [-0.25, -0.2) is 13.2 Å². The summed E-state index contributed by atoms with van der Waals surface area (Å²) in [7, 11) is -3.34. The van der Waals surface area contributed by atoms with Crippen LogP contribution in [0.5, 0.6) is 0 Å². The molecule has 0 amide bonds. The molecule has 1 aliphatic heterocycles. The number of carbonyl (C=O) groups is 2. The SMILES string of the molecule is CCS(=O)(=O)N1CCc2cc(C(=O)COC(=O)c3ccc(Cl)c(N)c3)ccc21. The van der Waals surface area contributed by atoms with Gasteiger partial charge in [-0.05, 0) is 55.3 Å². The first-order chi connectivity index (χ1) is 13.2. The van der Waals surface area contributed by atoms with Gasteiger partial charge in [-0.1, -0.05) is 11.6 Å². The van der Waals surface area contributed by atoms with Crippen LogP contribution in [0.1, 0.15) is 33.2 Å². The largest absolute Gasteiger partial charge is 0.454 e. The van der Waals surface area contributed by atoms with Crippen LogP contribution in [-0.2, 0) is 21.2 Å². The van der Waals surface area contributed by atoms with Gasteiger partial charge in [0.2, 0.25) is 10.0 Å². The van der Waals surface area contributed by atoms with Crippen LogP contribution in [0.2, 0.25) is 5.02 Å². The van der Waals surface area contributed by atoms with Crippen molar-refractivity contribution in [3.8, 4) is 0 Å². The molecule has 0 atom stereocenters. The molecule has 148 valence electrons. The van der Waals surface area contributed by atoms with E-state index in [9.17, 15) is 18.0 Å². The van der Waals surface area contributed by atoms with Crippen molar-refractivity contribution in [1.29, 1.82) is 0 Å². The van der Waals surface area contributed by atoms with Gasteiger partial charge in [0.25, 0.3) is 0 Å². The van der Waals surface area contributed by atoms with Crippen molar-refractivity contribution in [2.24, 2.45) is 0 Å². The predicted molar refractivity (Wildman–Crippen MR) is 107 cm³/mol. The zero-order chi connectivity index (χ0) is 20.5. The Hall–Kier alpha value is -2.58. The number of esters is 1. The molecule has 28 heavy (non-hydrogen) atoms. The summed E-state index contributed by atoms with van der Waals surface area (Å²) < 4.78 is 30.7. The predicted octanol–water partition coefficient (Wildman–Crippen LogP) is 2.67. The van der Waals surface area contributed by atoms with Gasteiger partial charge in [0.15, 0.2) is 12.4 Å². The zero-order valence-electron chi connectivity index (χ0n) is 15.1. The third-order valence-corrected chi connectivity index (χ3v) is 6.65. The molecule has 0 aliphatic carbocycles. The minimum absolute atomic E-state index is 0.0122. The van der Waals surface area contributed by atoms with Gasteiger partial charge in [0.1, 0.15) is 0 Å². The summed E-state index contributed by atoms with van der Waals surface area (Å²) in [6.07, 6.45) is 0.527. The van der Waals surface area contributed by atoms with E-state index in [0.29, 0.717) is 29.2 Å². The number of sulfonamides is 1. The van der Waals surface area contributed by atoms with E-state index in [-0.39, 0.29) is 22.8 Å². The average molecular weight is 423 g/mol. The molecule has 0 fully saturated rings. The zero-order valence-corrected chi connectivity index (χ0v) is 16.7. The van der Waals surface area contributed by atoms with Gasteiger partial charge >= 0.3 is 5.97 Å². The molecule has 3 rings (SSSR count). The lowest BCUT2D eigenvalue weighted by atomic mass is 10.1. The number of halogens is 1. The van der Waals surface area contributed by atoms with Crippen LogP contribution in [0.25, 0.3) is 0 Å². The van der Waals surface area contributed by atoms with E-state index in [1.807, 2.05) is 0 Å². The number of nitrogens with two attached hydrogens (primary N) is 1. The molecule has 9 heteroatoms. The Morgan fingerprint density at radius 2 is 1.89 bits per heavy atom. The molecule has 0 spiro atoms. The number of ether oxygens (including phenoxy) is 1. The fraction of sp³-hybridized carbons (Fsp3) is 0.263. The molecule has 0 aromatic heterocycles. The highest BCUT2D eigenvalue weighted by atomic mass is 35.5. The molecule has 7 nitrogen and oxygen atoms in total. The second kappa shape index (κ2) is 7.81. The first kappa shape index (κ1) is 20.2. The molecule has 1 heterocycles. The van der Waals surface area contributed by atoms with E-state index in [0.717, 1.165) is 5.56 Å². The molecule has 2 aromatic rings. The summed E-state index contributed by atoms with van der Waals surface area (Å²) in [5, 5.41) is 0.324. The second-order valence-electron chi connectivity index (χ2n) is 6.30. The topological polar surface area (TPSA) is 107 Å². The molecule has 2 aromatic carbocycles. The summed E-state index contributed by atoms with van der Waals surface area (Å²) in [5.41, 5.74) is 7.82. The van der Waals surface area contributed by atoms with Crippen molar-refractivity contribution in [1.82, 2.24) is 0 Å². The first-order valence-electron chi connectivity index (χ1n) is 8.61. The number of fused-ring (bicyclic) bond motifs is 1. The van der Waals surface area contributed by atoms with E-state index in [4.69, 9.17) is 22.1 Å². The summed E-state index contributed by atoms with van der Waals surface area (Å²) in [6.45, 7) is 1.52. The third kappa shape index (κ3) is 3.98. The number of hydrogen-bond acceptors (Lipinski definition) is 6. The van der Waals surface area contributed by atoms with Crippen LogP contribution >= 0.6 is 11.6 Å². The molecule has 0 bridgehead atoms. The first-order valence-corrected chi connectivity index (χ1v) is 10.6. The van der Waals surface area contributed by atoms with Crippen molar-refractivity contribution >= 4 is 44.8 Å². The lowest BCUT2D eigenvalue weighted by molar-refractivity contribution is 0.0475. The molecule has 0 saturated carbocycles. The Balaban J connectivity index is 1.69. The Bertz CT molecular complexity index is 1050. The van der Waals surface area contributed by atoms with Gasteiger partial charge in [-0.3, -0.25) is 9.10 Å². The average Bonchev–Trinajstić information content (AvgIpc) is 3.12. The normalized spacial score (nSPS) is 13.3. The van der Waals surface area contributed by atoms with Crippen LogP contribution in [0, 0.1) is 0 Å². The van der Waals surface area contributed by atoms with Gasteiger partial charge in [0.05, 0.1) is 27.7 Å². The lowest BCUT2D eigenvalue weighted by Gasteiger charge is -2.18. The Morgan fingerprint density at radius 3 is 2.57 bits per heavy atom. The smallest absolute Gasteiger partial charge is 0.338 e. The van der Waals surface area contributed by atoms with Crippen molar-refractivity contribution in [3.05, 3.63) is 58.1 Å². The molecular weight excluding hydrogens is 404 g/mol. The fourth-order valence-electron chi connectivity index (χ4n) is 2.96. The molecule has 2 N–H and O–H groups in total. The van der Waals surface area contributed by atoms with E-state index in [1.54, 1.807) is 25.1 Å². The Kier molecular flexibility index (Phi) is 5.62. The highest BCUT2D eigenvalue weighted by Gasteiger charge is 2.28. The lowest BCUT2D eigenvalue weighted by Crippen LogP contribution is -2.30. The summed E-state index contributed by atoms with van der Waals surface area (Å²) in [6, 6.07) is 9.13. The van der Waals surface area contributed by atoms with Gasteiger partial charge in [-0.15, -0.1) is 0 Å². The van der Waals surface area contributed by atoms with E-state index in [1.165, 1.54) is 22.5 Å². The van der Waals surface area contributed by atoms with E-state index in [2.05, 4.69) is 0 Å². The molecule has 0 radical (unpaired) electrons. The molecule has 0 unspecified atom stereocenters. The molecular formula is C19H19ClN2O5S. The molecule has 1 aliphatic rings. The third-order valence-electron chi connectivity index (χ3n) is 4.52. The van der Waals surface area contributed by atoms with Crippen LogP contribution in [-0.4, -0.2) is 39.1 Å². The minimum Gasteiger partial charge on any atom is -0.454 e. The van der Waals surface area contributed by atoms with Gasteiger partial charge < -0.3 is 10.5 Å². The van der Waals surface area contributed by atoms with Gasteiger partial charge in [0, 0.05) is 12.1 Å². The van der Waals surface area contributed by atoms with E-state index < -0.39 is 22.6 Å². The Morgan fingerprint density at radius 1 is 1.18 bits per heavy atom. The maximum atomic E-state index is 12.4. The monoisotopic (exact) mass is 422 g/mol. The number of nitrogens with zero attached hydrogens (tertiary/aromatic N) is 1.